The molecular formula is C16H18BrClN2. The van der Waals surface area contributed by atoms with Gasteiger partial charge in [0.25, 0.3) is 0 Å². The van der Waals surface area contributed by atoms with E-state index in [4.69, 9.17) is 17.3 Å². The zero-order chi connectivity index (χ0) is 14.7. The molecule has 0 amide bonds. The molecule has 2 N–H and O–H groups in total. The first-order valence-corrected chi connectivity index (χ1v) is 7.64. The summed E-state index contributed by atoms with van der Waals surface area (Å²) in [5.41, 5.74) is 9.20. The molecule has 0 saturated carbocycles. The molecule has 2 nitrogen and oxygen atoms in total. The minimum atomic E-state index is 0.275. The molecule has 1 unspecified atom stereocenters. The lowest BCUT2D eigenvalue weighted by Crippen LogP contribution is -2.22. The minimum absolute atomic E-state index is 0.275. The van der Waals surface area contributed by atoms with Crippen LogP contribution in [-0.2, 0) is 6.54 Å². The lowest BCUT2D eigenvalue weighted by atomic mass is 10.1. The van der Waals surface area contributed by atoms with Gasteiger partial charge in [-0.3, -0.25) is 4.90 Å². The minimum Gasteiger partial charge on any atom is -0.398 e. The Morgan fingerprint density at radius 3 is 2.65 bits per heavy atom. The van der Waals surface area contributed by atoms with E-state index >= 15 is 0 Å². The molecule has 2 rings (SSSR count). The SMILES string of the molecule is CC(c1cccc(Cl)c1)N(C)Cc1ccc(Br)cc1N. The number of rotatable bonds is 4. The third-order valence-corrected chi connectivity index (χ3v) is 4.25. The van der Waals surface area contributed by atoms with E-state index in [0.717, 1.165) is 27.3 Å². The lowest BCUT2D eigenvalue weighted by molar-refractivity contribution is 0.253. The molecule has 0 aromatic heterocycles. The van der Waals surface area contributed by atoms with Crippen LogP contribution in [0.2, 0.25) is 5.02 Å². The van der Waals surface area contributed by atoms with Gasteiger partial charge in [0.1, 0.15) is 0 Å². The molecule has 0 aliphatic heterocycles. The summed E-state index contributed by atoms with van der Waals surface area (Å²) in [6, 6.07) is 14.3. The van der Waals surface area contributed by atoms with Crippen molar-refractivity contribution < 1.29 is 0 Å². The zero-order valence-corrected chi connectivity index (χ0v) is 13.9. The molecule has 0 radical (unpaired) electrons. The Bertz CT molecular complexity index is 601. The number of benzene rings is 2. The molecule has 0 heterocycles. The van der Waals surface area contributed by atoms with Crippen LogP contribution in [0.25, 0.3) is 0 Å². The average Bonchev–Trinajstić information content (AvgIpc) is 2.41. The van der Waals surface area contributed by atoms with Gasteiger partial charge in [0.2, 0.25) is 0 Å². The van der Waals surface area contributed by atoms with Gasteiger partial charge in [-0.1, -0.05) is 45.7 Å². The second kappa shape index (κ2) is 6.61. The standard InChI is InChI=1S/C16H18BrClN2/c1-11(12-4-3-5-15(18)8-12)20(2)10-13-6-7-14(17)9-16(13)19/h3-9,11H,10,19H2,1-2H3. The molecule has 0 spiro atoms. The van der Waals surface area contributed by atoms with Crippen molar-refractivity contribution in [3.05, 3.63) is 63.1 Å². The van der Waals surface area contributed by atoms with Crippen molar-refractivity contribution in [3.8, 4) is 0 Å². The highest BCUT2D eigenvalue weighted by Gasteiger charge is 2.13. The van der Waals surface area contributed by atoms with Crippen molar-refractivity contribution in [3.63, 3.8) is 0 Å². The number of nitrogen functional groups attached to an aromatic ring is 1. The van der Waals surface area contributed by atoms with E-state index < -0.39 is 0 Å². The number of anilines is 1. The Labute approximate surface area is 133 Å². The van der Waals surface area contributed by atoms with Crippen molar-refractivity contribution in [1.29, 1.82) is 0 Å². The van der Waals surface area contributed by atoms with E-state index in [2.05, 4.69) is 46.9 Å². The van der Waals surface area contributed by atoms with Crippen LogP contribution in [0.3, 0.4) is 0 Å². The second-order valence-electron chi connectivity index (χ2n) is 4.99. The number of halogens is 2. The maximum absolute atomic E-state index is 6.05. The smallest absolute Gasteiger partial charge is 0.0409 e. The predicted molar refractivity (Wildman–Crippen MR) is 89.9 cm³/mol. The van der Waals surface area contributed by atoms with Crippen molar-refractivity contribution in [2.45, 2.75) is 19.5 Å². The normalized spacial score (nSPS) is 12.7. The van der Waals surface area contributed by atoms with E-state index in [1.54, 1.807) is 0 Å². The fourth-order valence-corrected chi connectivity index (χ4v) is 2.71. The highest BCUT2D eigenvalue weighted by molar-refractivity contribution is 9.10. The van der Waals surface area contributed by atoms with Crippen LogP contribution in [0, 0.1) is 0 Å². The first-order valence-electron chi connectivity index (χ1n) is 6.47. The molecule has 2 aromatic carbocycles. The molecular weight excluding hydrogens is 336 g/mol. The van der Waals surface area contributed by atoms with Crippen LogP contribution in [0.15, 0.2) is 46.9 Å². The van der Waals surface area contributed by atoms with Gasteiger partial charge in [0.15, 0.2) is 0 Å². The van der Waals surface area contributed by atoms with Crippen molar-refractivity contribution in [2.24, 2.45) is 0 Å². The molecule has 106 valence electrons. The third kappa shape index (κ3) is 3.75. The van der Waals surface area contributed by atoms with Gasteiger partial charge >= 0.3 is 0 Å². The van der Waals surface area contributed by atoms with Gasteiger partial charge in [-0.15, -0.1) is 0 Å². The number of hydrogen-bond acceptors (Lipinski definition) is 2. The summed E-state index contributed by atoms with van der Waals surface area (Å²) in [5.74, 6) is 0. The van der Waals surface area contributed by atoms with E-state index in [1.807, 2.05) is 30.3 Å². The summed E-state index contributed by atoms with van der Waals surface area (Å²) in [5, 5.41) is 0.769. The Balaban J connectivity index is 2.13. The number of nitrogens with zero attached hydrogens (tertiary/aromatic N) is 1. The Hall–Kier alpha value is -1.03. The van der Waals surface area contributed by atoms with E-state index in [-0.39, 0.29) is 6.04 Å². The van der Waals surface area contributed by atoms with Crippen LogP contribution in [0.5, 0.6) is 0 Å². The molecule has 0 aliphatic rings. The highest BCUT2D eigenvalue weighted by atomic mass is 79.9. The van der Waals surface area contributed by atoms with Crippen molar-refractivity contribution in [2.75, 3.05) is 12.8 Å². The van der Waals surface area contributed by atoms with Gasteiger partial charge in [-0.25, -0.2) is 0 Å². The fraction of sp³-hybridized carbons (Fsp3) is 0.250. The van der Waals surface area contributed by atoms with E-state index in [0.29, 0.717) is 0 Å². The maximum atomic E-state index is 6.05. The van der Waals surface area contributed by atoms with Crippen LogP contribution in [-0.4, -0.2) is 11.9 Å². The van der Waals surface area contributed by atoms with E-state index in [9.17, 15) is 0 Å². The largest absolute Gasteiger partial charge is 0.398 e. The predicted octanol–water partition coefficient (Wildman–Crippen LogP) is 4.88. The molecule has 0 saturated heterocycles. The monoisotopic (exact) mass is 352 g/mol. The zero-order valence-electron chi connectivity index (χ0n) is 11.6. The molecule has 1 atom stereocenters. The molecule has 4 heteroatoms. The molecule has 0 aliphatic carbocycles. The summed E-state index contributed by atoms with van der Waals surface area (Å²) in [6.45, 7) is 2.97. The van der Waals surface area contributed by atoms with Crippen LogP contribution in [0.4, 0.5) is 5.69 Å². The second-order valence-corrected chi connectivity index (χ2v) is 6.34. The van der Waals surface area contributed by atoms with Gasteiger partial charge < -0.3 is 5.73 Å². The van der Waals surface area contributed by atoms with Crippen molar-refractivity contribution >= 4 is 33.2 Å². The first kappa shape index (κ1) is 15.4. The van der Waals surface area contributed by atoms with Crippen molar-refractivity contribution in [1.82, 2.24) is 4.90 Å². The molecule has 20 heavy (non-hydrogen) atoms. The summed E-state index contributed by atoms with van der Waals surface area (Å²) in [4.78, 5) is 2.26. The summed E-state index contributed by atoms with van der Waals surface area (Å²) >= 11 is 9.48. The maximum Gasteiger partial charge on any atom is 0.0409 e. The first-order chi connectivity index (χ1) is 9.47. The van der Waals surface area contributed by atoms with Gasteiger partial charge in [-0.2, -0.15) is 0 Å². The molecule has 0 fully saturated rings. The topological polar surface area (TPSA) is 29.3 Å². The molecule has 2 aromatic rings. The number of nitrogens with two attached hydrogens (primary N) is 1. The van der Waals surface area contributed by atoms with Crippen LogP contribution < -0.4 is 5.73 Å². The highest BCUT2D eigenvalue weighted by Crippen LogP contribution is 2.25. The molecule has 0 bridgehead atoms. The summed E-state index contributed by atoms with van der Waals surface area (Å²) in [7, 11) is 2.09. The third-order valence-electron chi connectivity index (χ3n) is 3.52. The van der Waals surface area contributed by atoms with Crippen LogP contribution >= 0.6 is 27.5 Å². The van der Waals surface area contributed by atoms with Gasteiger partial charge in [-0.05, 0) is 49.4 Å². The van der Waals surface area contributed by atoms with Gasteiger partial charge in [0, 0.05) is 27.8 Å². The van der Waals surface area contributed by atoms with Crippen LogP contribution in [0.1, 0.15) is 24.1 Å². The Morgan fingerprint density at radius 1 is 1.25 bits per heavy atom. The summed E-state index contributed by atoms with van der Waals surface area (Å²) in [6.07, 6.45) is 0. The Morgan fingerprint density at radius 2 is 2.00 bits per heavy atom. The summed E-state index contributed by atoms with van der Waals surface area (Å²) < 4.78 is 1.00. The van der Waals surface area contributed by atoms with E-state index in [1.165, 1.54) is 5.56 Å². The quantitative estimate of drug-likeness (QED) is 0.794. The fourth-order valence-electron chi connectivity index (χ4n) is 2.14. The lowest BCUT2D eigenvalue weighted by Gasteiger charge is -2.26. The average molecular weight is 354 g/mol. The Kier molecular flexibility index (Phi) is 5.08. The number of hydrogen-bond donors (Lipinski definition) is 1. The van der Waals surface area contributed by atoms with Gasteiger partial charge in [0.05, 0.1) is 0 Å².